The lowest BCUT2D eigenvalue weighted by molar-refractivity contribution is 0.0985. The number of para-hydroxylation sites is 1. The highest BCUT2D eigenvalue weighted by molar-refractivity contribution is 6.06. The fourth-order valence-corrected chi connectivity index (χ4v) is 3.27. The maximum absolute atomic E-state index is 12.9. The second kappa shape index (κ2) is 5.27. The van der Waals surface area contributed by atoms with Crippen LogP contribution >= 0.6 is 0 Å². The van der Waals surface area contributed by atoms with Gasteiger partial charge in [-0.1, -0.05) is 18.2 Å². The first-order valence-electron chi connectivity index (χ1n) is 8.04. The molecular weight excluding hydrogens is 316 g/mol. The van der Waals surface area contributed by atoms with Crippen molar-refractivity contribution in [1.29, 1.82) is 0 Å². The molecule has 3 aromatic heterocycles. The van der Waals surface area contributed by atoms with Gasteiger partial charge in [-0.15, -0.1) is 0 Å². The van der Waals surface area contributed by atoms with Gasteiger partial charge in [-0.3, -0.25) is 4.79 Å². The molecule has 7 nitrogen and oxygen atoms in total. The molecule has 0 spiro atoms. The number of carbonyl (C=O) groups excluding carboxylic acids is 1. The highest BCUT2D eigenvalue weighted by atomic mass is 16.2. The average Bonchev–Trinajstić information content (AvgIpc) is 3.38. The van der Waals surface area contributed by atoms with Crippen molar-refractivity contribution in [2.45, 2.75) is 6.42 Å². The molecule has 1 aromatic carbocycles. The first kappa shape index (κ1) is 13.9. The minimum absolute atomic E-state index is 0.0726. The average molecular weight is 330 g/mol. The number of nitrogens with one attached hydrogen (secondary N) is 1. The summed E-state index contributed by atoms with van der Waals surface area (Å²) in [5, 5.41) is 10.5. The van der Waals surface area contributed by atoms with Gasteiger partial charge in [0.2, 0.25) is 0 Å². The third kappa shape index (κ3) is 2.20. The van der Waals surface area contributed by atoms with Crippen LogP contribution in [-0.2, 0) is 6.42 Å². The van der Waals surface area contributed by atoms with Gasteiger partial charge in [0.1, 0.15) is 17.0 Å². The van der Waals surface area contributed by atoms with Crippen LogP contribution in [0.25, 0.3) is 16.9 Å². The number of H-pyrrole nitrogens is 1. The number of amides is 1. The Labute approximate surface area is 142 Å². The number of nitrogens with zero attached hydrogens (tertiary/aromatic N) is 5. The molecule has 0 unspecified atom stereocenters. The molecule has 0 aliphatic carbocycles. The lowest BCUT2D eigenvalue weighted by atomic mass is 10.2. The van der Waals surface area contributed by atoms with Crippen LogP contribution in [0.4, 0.5) is 5.69 Å². The van der Waals surface area contributed by atoms with Crippen molar-refractivity contribution < 1.29 is 4.79 Å². The van der Waals surface area contributed by atoms with E-state index >= 15 is 0 Å². The van der Waals surface area contributed by atoms with Gasteiger partial charge in [-0.05, 0) is 30.2 Å². The zero-order chi connectivity index (χ0) is 16.8. The second-order valence-corrected chi connectivity index (χ2v) is 6.00. The van der Waals surface area contributed by atoms with Crippen LogP contribution in [0.5, 0.6) is 0 Å². The van der Waals surface area contributed by atoms with Crippen LogP contribution in [0.15, 0.2) is 55.0 Å². The van der Waals surface area contributed by atoms with E-state index in [0.29, 0.717) is 12.2 Å². The molecule has 0 radical (unpaired) electrons. The number of imidazole rings is 1. The van der Waals surface area contributed by atoms with Gasteiger partial charge in [0.15, 0.2) is 0 Å². The molecule has 0 saturated carbocycles. The van der Waals surface area contributed by atoms with Gasteiger partial charge in [-0.2, -0.15) is 15.4 Å². The van der Waals surface area contributed by atoms with E-state index in [1.807, 2.05) is 40.9 Å². The Hall–Kier alpha value is -3.48. The second-order valence-electron chi connectivity index (χ2n) is 6.00. The number of hydrogen-bond donors (Lipinski definition) is 1. The van der Waals surface area contributed by atoms with Crippen molar-refractivity contribution in [2.24, 2.45) is 0 Å². The predicted octanol–water partition coefficient (Wildman–Crippen LogP) is 2.32. The summed E-state index contributed by atoms with van der Waals surface area (Å²) in [5.41, 5.74) is 5.00. The smallest absolute Gasteiger partial charge is 0.278 e. The number of anilines is 1. The monoisotopic (exact) mass is 330 g/mol. The van der Waals surface area contributed by atoms with Crippen LogP contribution in [0, 0.1) is 0 Å². The van der Waals surface area contributed by atoms with Gasteiger partial charge in [-0.25, -0.2) is 4.98 Å². The molecule has 0 bridgehead atoms. The zero-order valence-corrected chi connectivity index (χ0v) is 13.3. The van der Waals surface area contributed by atoms with Crippen molar-refractivity contribution in [1.82, 2.24) is 24.8 Å². The summed E-state index contributed by atoms with van der Waals surface area (Å²) in [7, 11) is 0. The topological polar surface area (TPSA) is 79.2 Å². The lowest BCUT2D eigenvalue weighted by Gasteiger charge is -2.15. The molecule has 122 valence electrons. The van der Waals surface area contributed by atoms with E-state index in [0.717, 1.165) is 29.0 Å². The minimum atomic E-state index is -0.0726. The molecule has 1 aliphatic heterocycles. The summed E-state index contributed by atoms with van der Waals surface area (Å²) in [6.07, 6.45) is 6.20. The van der Waals surface area contributed by atoms with Gasteiger partial charge in [0, 0.05) is 30.2 Å². The highest BCUT2D eigenvalue weighted by Gasteiger charge is 2.26. The highest BCUT2D eigenvalue weighted by Crippen LogP contribution is 2.28. The third-order valence-electron chi connectivity index (χ3n) is 4.51. The summed E-state index contributed by atoms with van der Waals surface area (Å²) < 4.78 is 1.85. The molecule has 0 fully saturated rings. The van der Waals surface area contributed by atoms with Crippen molar-refractivity contribution in [2.75, 3.05) is 11.4 Å². The van der Waals surface area contributed by atoms with Crippen molar-refractivity contribution in [3.8, 4) is 11.3 Å². The Kier molecular flexibility index (Phi) is 2.93. The Balaban J connectivity index is 1.52. The van der Waals surface area contributed by atoms with Crippen molar-refractivity contribution in [3.63, 3.8) is 0 Å². The van der Waals surface area contributed by atoms with Crippen LogP contribution in [0.3, 0.4) is 0 Å². The summed E-state index contributed by atoms with van der Waals surface area (Å²) >= 11 is 0. The van der Waals surface area contributed by atoms with E-state index < -0.39 is 0 Å². The van der Waals surface area contributed by atoms with Crippen LogP contribution < -0.4 is 4.90 Å². The van der Waals surface area contributed by atoms with Gasteiger partial charge in [0.25, 0.3) is 5.91 Å². The van der Waals surface area contributed by atoms with Crippen molar-refractivity contribution in [3.05, 3.63) is 66.2 Å². The minimum Gasteiger partial charge on any atom is -0.306 e. The third-order valence-corrected chi connectivity index (χ3v) is 4.51. The largest absolute Gasteiger partial charge is 0.306 e. The van der Waals surface area contributed by atoms with Crippen LogP contribution in [-0.4, -0.2) is 37.2 Å². The first-order chi connectivity index (χ1) is 12.3. The summed E-state index contributed by atoms with van der Waals surface area (Å²) in [4.78, 5) is 19.2. The molecule has 7 heteroatoms. The zero-order valence-electron chi connectivity index (χ0n) is 13.3. The Morgan fingerprint density at radius 2 is 2.04 bits per heavy atom. The maximum atomic E-state index is 12.9. The van der Waals surface area contributed by atoms with Crippen LogP contribution in [0.1, 0.15) is 16.1 Å². The first-order valence-corrected chi connectivity index (χ1v) is 8.04. The molecule has 1 aliphatic rings. The summed E-state index contributed by atoms with van der Waals surface area (Å²) in [5.74, 6) is -0.0726. The normalized spacial score (nSPS) is 13.4. The number of pyridine rings is 1. The molecule has 0 atom stereocenters. The summed E-state index contributed by atoms with van der Waals surface area (Å²) in [6.45, 7) is 0.691. The van der Waals surface area contributed by atoms with Crippen molar-refractivity contribution >= 4 is 17.2 Å². The van der Waals surface area contributed by atoms with E-state index in [2.05, 4.69) is 26.5 Å². The molecule has 25 heavy (non-hydrogen) atoms. The summed E-state index contributed by atoms with van der Waals surface area (Å²) in [6, 6.07) is 11.8. The number of hydrogen-bond acceptors (Lipinski definition) is 4. The standard InChI is InChI=1S/C18H14N6O/c25-18(24-8-7-12-3-1-2-4-16(12)24)15-11-23-10-13(5-6-17(23)20-15)14-9-19-22-21-14/h1-6,9-11H,7-8H2,(H,19,21,22). The predicted molar refractivity (Wildman–Crippen MR) is 92.4 cm³/mol. The van der Waals surface area contributed by atoms with Crippen LogP contribution in [0.2, 0.25) is 0 Å². The van der Waals surface area contributed by atoms with E-state index in [1.165, 1.54) is 5.56 Å². The van der Waals surface area contributed by atoms with E-state index in [-0.39, 0.29) is 5.91 Å². The number of aromatic nitrogens is 5. The molecule has 4 heterocycles. The number of fused-ring (bicyclic) bond motifs is 2. The Morgan fingerprint density at radius 1 is 1.12 bits per heavy atom. The Morgan fingerprint density at radius 3 is 2.92 bits per heavy atom. The molecular formula is C18H14N6O. The fourth-order valence-electron chi connectivity index (χ4n) is 3.27. The van der Waals surface area contributed by atoms with Gasteiger partial charge in [0.05, 0.1) is 6.20 Å². The molecule has 4 aromatic rings. The van der Waals surface area contributed by atoms with E-state index in [1.54, 1.807) is 17.3 Å². The van der Waals surface area contributed by atoms with E-state index in [9.17, 15) is 4.79 Å². The molecule has 1 amide bonds. The van der Waals surface area contributed by atoms with E-state index in [4.69, 9.17) is 0 Å². The molecule has 0 saturated heterocycles. The maximum Gasteiger partial charge on any atom is 0.278 e. The lowest BCUT2D eigenvalue weighted by Crippen LogP contribution is -2.29. The SMILES string of the molecule is O=C(c1cn2cc(-c3cn[nH]n3)ccc2n1)N1CCc2ccccc21. The molecule has 5 rings (SSSR count). The Bertz CT molecular complexity index is 1080. The molecule has 1 N–H and O–H groups in total. The quantitative estimate of drug-likeness (QED) is 0.612. The fraction of sp³-hybridized carbons (Fsp3) is 0.111. The van der Waals surface area contributed by atoms with Gasteiger partial charge < -0.3 is 9.30 Å². The number of carbonyl (C=O) groups is 1. The number of aromatic amines is 1. The number of rotatable bonds is 2. The van der Waals surface area contributed by atoms with Gasteiger partial charge >= 0.3 is 0 Å². The number of benzene rings is 1.